The van der Waals surface area contributed by atoms with E-state index in [-0.39, 0.29) is 6.61 Å². The number of alkyl halides is 2. The van der Waals surface area contributed by atoms with Crippen LogP contribution in [0, 0.1) is 0 Å². The van der Waals surface area contributed by atoms with Gasteiger partial charge < -0.3 is 14.2 Å². The van der Waals surface area contributed by atoms with E-state index in [4.69, 9.17) is 9.47 Å². The number of carbonyl (C=O) groups excluding carboxylic acids is 1. The van der Waals surface area contributed by atoms with Crippen molar-refractivity contribution < 1.29 is 27.8 Å². The Morgan fingerprint density at radius 1 is 1.44 bits per heavy atom. The zero-order valence-electron chi connectivity index (χ0n) is 8.91. The predicted octanol–water partition coefficient (Wildman–Crippen LogP) is 1.25. The van der Waals surface area contributed by atoms with E-state index in [0.717, 1.165) is 6.08 Å². The van der Waals surface area contributed by atoms with Crippen molar-refractivity contribution in [1.82, 2.24) is 0 Å². The fourth-order valence-electron chi connectivity index (χ4n) is 1.71. The summed E-state index contributed by atoms with van der Waals surface area (Å²) in [6, 6.07) is 0. The Kier molecular flexibility index (Phi) is 2.51. The van der Waals surface area contributed by atoms with Crippen molar-refractivity contribution in [3.63, 3.8) is 0 Å². The summed E-state index contributed by atoms with van der Waals surface area (Å²) >= 11 is 0. The normalized spacial score (nSPS) is 36.1. The van der Waals surface area contributed by atoms with Gasteiger partial charge >= 0.3 is 11.9 Å². The Morgan fingerprint density at radius 3 is 2.69 bits per heavy atom. The maximum absolute atomic E-state index is 13.4. The average Bonchev–Trinajstić information content (AvgIpc) is 2.50. The third-order valence-corrected chi connectivity index (χ3v) is 2.43. The molecule has 0 aromatic rings. The van der Waals surface area contributed by atoms with Crippen LogP contribution in [0.15, 0.2) is 12.2 Å². The highest BCUT2D eigenvalue weighted by Gasteiger charge is 2.52. The van der Waals surface area contributed by atoms with E-state index in [9.17, 15) is 13.6 Å². The zero-order valence-corrected chi connectivity index (χ0v) is 8.91. The molecular weight excluding hydrogens is 222 g/mol. The van der Waals surface area contributed by atoms with Gasteiger partial charge in [0.05, 0.1) is 6.61 Å². The Labute approximate surface area is 91.2 Å². The summed E-state index contributed by atoms with van der Waals surface area (Å²) in [6.07, 6.45) is -1.30. The van der Waals surface area contributed by atoms with Gasteiger partial charge in [0.15, 0.2) is 11.9 Å². The van der Waals surface area contributed by atoms with Gasteiger partial charge in [0.1, 0.15) is 6.10 Å². The molecule has 16 heavy (non-hydrogen) atoms. The summed E-state index contributed by atoms with van der Waals surface area (Å²) < 4.78 is 41.9. The van der Waals surface area contributed by atoms with Crippen LogP contribution in [0.4, 0.5) is 8.78 Å². The lowest BCUT2D eigenvalue weighted by Crippen LogP contribution is -2.48. The van der Waals surface area contributed by atoms with Crippen LogP contribution in [0.5, 0.6) is 0 Å². The van der Waals surface area contributed by atoms with E-state index in [1.165, 1.54) is 0 Å². The number of cyclic esters (lactones) is 1. The molecule has 1 fully saturated rings. The molecule has 2 aliphatic rings. The van der Waals surface area contributed by atoms with Gasteiger partial charge in [-0.15, -0.1) is 0 Å². The number of rotatable bonds is 1. The fraction of sp³-hybridized carbons (Fsp3) is 0.700. The predicted molar refractivity (Wildman–Crippen MR) is 48.9 cm³/mol. The average molecular weight is 234 g/mol. The fourth-order valence-corrected chi connectivity index (χ4v) is 1.71. The quantitative estimate of drug-likeness (QED) is 0.640. The van der Waals surface area contributed by atoms with Crippen LogP contribution in [-0.4, -0.2) is 36.5 Å². The second-order valence-corrected chi connectivity index (χ2v) is 4.23. The van der Waals surface area contributed by atoms with E-state index in [1.54, 1.807) is 13.8 Å². The lowest BCUT2D eigenvalue weighted by Gasteiger charge is -2.30. The topological polar surface area (TPSA) is 44.8 Å². The highest BCUT2D eigenvalue weighted by Crippen LogP contribution is 2.35. The van der Waals surface area contributed by atoms with Gasteiger partial charge in [0.25, 0.3) is 0 Å². The maximum atomic E-state index is 13.4. The molecule has 0 aliphatic carbocycles. The Balaban J connectivity index is 2.15. The number of halogens is 2. The third kappa shape index (κ3) is 2.08. The molecule has 1 saturated heterocycles. The standard InChI is InChI=1S/C10H12F2O4/c1-9(2)14-5-6(16-9)8-10(11,12)4-3-7(13)15-8/h3-4,6,8H,5H2,1-2H3/t6-,8?/m0/s1. The molecule has 2 aliphatic heterocycles. The zero-order chi connectivity index (χ0) is 12.0. The summed E-state index contributed by atoms with van der Waals surface area (Å²) in [7, 11) is 0. The molecule has 0 aromatic heterocycles. The van der Waals surface area contributed by atoms with Crippen molar-refractivity contribution in [3.8, 4) is 0 Å². The lowest BCUT2D eigenvalue weighted by molar-refractivity contribution is -0.198. The number of esters is 1. The van der Waals surface area contributed by atoms with Crippen LogP contribution in [0.1, 0.15) is 13.8 Å². The molecule has 0 spiro atoms. The number of hydrogen-bond acceptors (Lipinski definition) is 4. The molecule has 0 saturated carbocycles. The maximum Gasteiger partial charge on any atom is 0.331 e. The minimum absolute atomic E-state index is 0.0195. The van der Waals surface area contributed by atoms with Gasteiger partial charge in [-0.05, 0) is 19.9 Å². The molecule has 2 atom stereocenters. The molecule has 1 unspecified atom stereocenters. The van der Waals surface area contributed by atoms with E-state index >= 15 is 0 Å². The molecule has 0 amide bonds. The Bertz CT molecular complexity index is 338. The summed E-state index contributed by atoms with van der Waals surface area (Å²) in [6.45, 7) is 3.21. The van der Waals surface area contributed by atoms with E-state index in [2.05, 4.69) is 4.74 Å². The Morgan fingerprint density at radius 2 is 2.12 bits per heavy atom. The van der Waals surface area contributed by atoms with Crippen LogP contribution < -0.4 is 0 Å². The van der Waals surface area contributed by atoms with Crippen LogP contribution >= 0.6 is 0 Å². The molecule has 0 aromatic carbocycles. The van der Waals surface area contributed by atoms with Gasteiger partial charge in [-0.2, -0.15) is 8.78 Å². The summed E-state index contributed by atoms with van der Waals surface area (Å²) in [5.41, 5.74) is 0. The van der Waals surface area contributed by atoms with Gasteiger partial charge in [-0.25, -0.2) is 4.79 Å². The van der Waals surface area contributed by atoms with E-state index in [0.29, 0.717) is 6.08 Å². The van der Waals surface area contributed by atoms with Gasteiger partial charge in [0, 0.05) is 6.08 Å². The van der Waals surface area contributed by atoms with Crippen LogP contribution in [0.3, 0.4) is 0 Å². The minimum atomic E-state index is -3.22. The minimum Gasteiger partial charge on any atom is -0.449 e. The van der Waals surface area contributed by atoms with Crippen molar-refractivity contribution >= 4 is 5.97 Å². The van der Waals surface area contributed by atoms with Crippen LogP contribution in [0.2, 0.25) is 0 Å². The van der Waals surface area contributed by atoms with Crippen molar-refractivity contribution in [2.75, 3.05) is 6.61 Å². The highest BCUT2D eigenvalue weighted by molar-refractivity contribution is 5.83. The van der Waals surface area contributed by atoms with E-state index in [1.807, 2.05) is 0 Å². The van der Waals surface area contributed by atoms with E-state index < -0.39 is 29.9 Å². The molecule has 2 rings (SSSR count). The van der Waals surface area contributed by atoms with Gasteiger partial charge in [-0.3, -0.25) is 0 Å². The summed E-state index contributed by atoms with van der Waals surface area (Å²) in [5, 5.41) is 0. The first kappa shape index (κ1) is 11.5. The van der Waals surface area contributed by atoms with Gasteiger partial charge in [0.2, 0.25) is 0 Å². The molecule has 90 valence electrons. The molecular formula is C10H12F2O4. The molecule has 0 N–H and O–H groups in total. The molecule has 6 heteroatoms. The monoisotopic (exact) mass is 234 g/mol. The smallest absolute Gasteiger partial charge is 0.331 e. The number of carbonyl (C=O) groups is 1. The number of hydrogen-bond donors (Lipinski definition) is 0. The second kappa shape index (κ2) is 3.49. The van der Waals surface area contributed by atoms with Crippen LogP contribution in [0.25, 0.3) is 0 Å². The van der Waals surface area contributed by atoms with Crippen LogP contribution in [-0.2, 0) is 19.0 Å². The lowest BCUT2D eigenvalue weighted by atomic mass is 10.0. The van der Waals surface area contributed by atoms with Crippen molar-refractivity contribution in [2.24, 2.45) is 0 Å². The Hall–Kier alpha value is -1.01. The second-order valence-electron chi connectivity index (χ2n) is 4.23. The third-order valence-electron chi connectivity index (χ3n) is 2.43. The van der Waals surface area contributed by atoms with Crippen molar-refractivity contribution in [1.29, 1.82) is 0 Å². The van der Waals surface area contributed by atoms with Crippen molar-refractivity contribution in [3.05, 3.63) is 12.2 Å². The van der Waals surface area contributed by atoms with Gasteiger partial charge in [-0.1, -0.05) is 0 Å². The first-order valence-electron chi connectivity index (χ1n) is 4.90. The van der Waals surface area contributed by atoms with Crippen molar-refractivity contribution in [2.45, 2.75) is 37.8 Å². The molecule has 0 bridgehead atoms. The molecule has 4 nitrogen and oxygen atoms in total. The summed E-state index contributed by atoms with van der Waals surface area (Å²) in [5.74, 6) is -4.93. The first-order valence-corrected chi connectivity index (χ1v) is 4.90. The number of ether oxygens (including phenoxy) is 3. The molecule has 0 radical (unpaired) electrons. The largest absolute Gasteiger partial charge is 0.449 e. The summed E-state index contributed by atoms with van der Waals surface area (Å²) in [4.78, 5) is 10.9. The highest BCUT2D eigenvalue weighted by atomic mass is 19.3. The first-order chi connectivity index (χ1) is 7.30. The molecule has 2 heterocycles. The SMILES string of the molecule is CC1(C)OC[C@@H](C2OC(=O)C=CC2(F)F)O1.